The van der Waals surface area contributed by atoms with Gasteiger partial charge in [-0.1, -0.05) is 37.4 Å². The fourth-order valence-electron chi connectivity index (χ4n) is 3.57. The van der Waals surface area contributed by atoms with Crippen LogP contribution in [-0.4, -0.2) is 19.7 Å². The van der Waals surface area contributed by atoms with Gasteiger partial charge in [0.2, 0.25) is 5.43 Å². The molecule has 3 aromatic heterocycles. The zero-order chi connectivity index (χ0) is 20.5. The van der Waals surface area contributed by atoms with Crippen molar-refractivity contribution in [2.45, 2.75) is 32.2 Å². The molecule has 4 aromatic rings. The Kier molecular flexibility index (Phi) is 5.07. The van der Waals surface area contributed by atoms with Gasteiger partial charge in [0.15, 0.2) is 0 Å². The Labute approximate surface area is 170 Å². The first-order valence-corrected chi connectivity index (χ1v) is 9.80. The van der Waals surface area contributed by atoms with E-state index in [1.807, 2.05) is 19.1 Å². The Balaban J connectivity index is 2.04. The zero-order valence-corrected chi connectivity index (χ0v) is 16.5. The first-order chi connectivity index (χ1) is 14.0. The number of pyridine rings is 2. The second-order valence-corrected chi connectivity index (χ2v) is 7.36. The van der Waals surface area contributed by atoms with Crippen LogP contribution >= 0.6 is 11.6 Å². The van der Waals surface area contributed by atoms with E-state index in [9.17, 15) is 14.4 Å². The van der Waals surface area contributed by atoms with Crippen molar-refractivity contribution >= 4 is 33.4 Å². The molecule has 4 rings (SSSR count). The third kappa shape index (κ3) is 3.38. The Bertz CT molecular complexity index is 1370. The van der Waals surface area contributed by atoms with E-state index in [2.05, 4.69) is 15.1 Å². The minimum absolute atomic E-state index is 0.0544. The average Bonchev–Trinajstić information content (AvgIpc) is 2.72. The third-order valence-corrected chi connectivity index (χ3v) is 5.25. The molecule has 1 unspecified atom stereocenters. The molecule has 0 fully saturated rings. The maximum absolute atomic E-state index is 13.3. The largest absolute Gasteiger partial charge is 0.350 e. The summed E-state index contributed by atoms with van der Waals surface area (Å²) >= 11 is 6.00. The van der Waals surface area contributed by atoms with Gasteiger partial charge in [0.25, 0.3) is 11.1 Å². The summed E-state index contributed by atoms with van der Waals surface area (Å²) in [4.78, 5) is 46.4. The van der Waals surface area contributed by atoms with Crippen LogP contribution in [0.4, 0.5) is 0 Å². The van der Waals surface area contributed by atoms with Gasteiger partial charge >= 0.3 is 0 Å². The van der Waals surface area contributed by atoms with E-state index < -0.39 is 22.6 Å². The summed E-state index contributed by atoms with van der Waals surface area (Å²) in [6.45, 7) is 2.05. The fourth-order valence-corrected chi connectivity index (χ4v) is 3.75. The number of nitrogens with zero attached hydrogens (tertiary/aromatic N) is 2. The number of rotatable bonds is 5. The van der Waals surface area contributed by atoms with Crippen LogP contribution in [0.25, 0.3) is 21.8 Å². The van der Waals surface area contributed by atoms with Crippen molar-refractivity contribution in [2.24, 2.45) is 0 Å². The van der Waals surface area contributed by atoms with Crippen LogP contribution in [-0.2, 0) is 0 Å². The van der Waals surface area contributed by atoms with Crippen LogP contribution in [0, 0.1) is 0 Å². The molecule has 0 aliphatic heterocycles. The normalized spacial score (nSPS) is 12.5. The number of hydrogen-bond donors (Lipinski definition) is 2. The second-order valence-electron chi connectivity index (χ2n) is 6.92. The van der Waals surface area contributed by atoms with E-state index in [0.717, 1.165) is 12.8 Å². The van der Waals surface area contributed by atoms with E-state index in [1.165, 1.54) is 4.68 Å². The Morgan fingerprint density at radius 1 is 1.17 bits per heavy atom. The molecule has 1 aromatic carbocycles. The van der Waals surface area contributed by atoms with E-state index in [4.69, 9.17) is 11.6 Å². The van der Waals surface area contributed by atoms with Gasteiger partial charge in [-0.3, -0.25) is 24.5 Å². The van der Waals surface area contributed by atoms with E-state index in [1.54, 1.807) is 30.5 Å². The summed E-state index contributed by atoms with van der Waals surface area (Å²) in [7, 11) is 0. The Morgan fingerprint density at radius 3 is 2.72 bits per heavy atom. The van der Waals surface area contributed by atoms with Gasteiger partial charge in [-0.05, 0) is 36.8 Å². The minimum atomic E-state index is -0.551. The van der Waals surface area contributed by atoms with Gasteiger partial charge in [0.05, 0.1) is 17.3 Å². The lowest BCUT2D eigenvalue weighted by Gasteiger charge is -2.19. The van der Waals surface area contributed by atoms with Crippen LogP contribution in [0.5, 0.6) is 0 Å². The maximum Gasteiger partial charge on any atom is 0.287 e. The summed E-state index contributed by atoms with van der Waals surface area (Å²) in [5.74, 6) is 0. The molecule has 0 aliphatic carbocycles. The second kappa shape index (κ2) is 7.67. The lowest BCUT2D eigenvalue weighted by atomic mass is 10.1. The van der Waals surface area contributed by atoms with Gasteiger partial charge < -0.3 is 4.98 Å². The number of aromatic amines is 2. The molecule has 8 heteroatoms. The quantitative estimate of drug-likeness (QED) is 0.492. The molecule has 0 bridgehead atoms. The molecule has 0 amide bonds. The van der Waals surface area contributed by atoms with Gasteiger partial charge in [-0.2, -0.15) is 0 Å². The van der Waals surface area contributed by atoms with Crippen molar-refractivity contribution in [1.82, 2.24) is 19.7 Å². The standard InChI is InChI=1S/C21H19ClN4O3/c1-2-3-7-16(14-6-4-5-10-23-14)26-21(29)17-18(20(28)25-26)24-15-11-12(22)8-9-13(15)19(17)27/h4-6,8-11,16H,2-3,7H2,1H3,(H,24,27)(H,25,28). The molecule has 0 saturated carbocycles. The highest BCUT2D eigenvalue weighted by molar-refractivity contribution is 6.31. The first-order valence-electron chi connectivity index (χ1n) is 9.42. The number of benzene rings is 1. The fraction of sp³-hybridized carbons (Fsp3) is 0.238. The van der Waals surface area contributed by atoms with Crippen molar-refractivity contribution in [2.75, 3.05) is 0 Å². The van der Waals surface area contributed by atoms with Gasteiger partial charge in [0.1, 0.15) is 10.9 Å². The summed E-state index contributed by atoms with van der Waals surface area (Å²) in [5.41, 5.74) is -0.584. The van der Waals surface area contributed by atoms with Crippen LogP contribution in [0.2, 0.25) is 5.02 Å². The Hall–Kier alpha value is -3.19. The summed E-state index contributed by atoms with van der Waals surface area (Å²) in [6, 6.07) is 9.64. The molecule has 3 heterocycles. The van der Waals surface area contributed by atoms with Crippen LogP contribution < -0.4 is 16.5 Å². The third-order valence-electron chi connectivity index (χ3n) is 5.02. The number of H-pyrrole nitrogens is 2. The van der Waals surface area contributed by atoms with E-state index in [-0.39, 0.29) is 10.9 Å². The molecule has 0 saturated heterocycles. The number of nitrogens with one attached hydrogen (secondary N) is 2. The minimum Gasteiger partial charge on any atom is -0.350 e. The maximum atomic E-state index is 13.3. The van der Waals surface area contributed by atoms with Gasteiger partial charge in [-0.25, -0.2) is 4.68 Å². The number of aromatic nitrogens is 4. The van der Waals surface area contributed by atoms with Crippen LogP contribution in [0.15, 0.2) is 57.0 Å². The highest BCUT2D eigenvalue weighted by Crippen LogP contribution is 2.21. The van der Waals surface area contributed by atoms with Crippen molar-refractivity contribution in [3.8, 4) is 0 Å². The van der Waals surface area contributed by atoms with Crippen molar-refractivity contribution in [1.29, 1.82) is 0 Å². The Morgan fingerprint density at radius 2 is 2.00 bits per heavy atom. The molecular weight excluding hydrogens is 392 g/mol. The average molecular weight is 411 g/mol. The zero-order valence-electron chi connectivity index (χ0n) is 15.7. The van der Waals surface area contributed by atoms with Gasteiger partial charge in [0, 0.05) is 16.6 Å². The van der Waals surface area contributed by atoms with E-state index >= 15 is 0 Å². The molecular formula is C21H19ClN4O3. The lowest BCUT2D eigenvalue weighted by Crippen LogP contribution is -2.36. The molecule has 0 spiro atoms. The van der Waals surface area contributed by atoms with Crippen LogP contribution in [0.3, 0.4) is 0 Å². The van der Waals surface area contributed by atoms with Crippen molar-refractivity contribution in [3.63, 3.8) is 0 Å². The molecule has 29 heavy (non-hydrogen) atoms. The predicted molar refractivity (Wildman–Crippen MR) is 114 cm³/mol. The SMILES string of the molecule is CCCCC(c1ccccn1)n1[nH]c(=O)c2[nH]c3cc(Cl)ccc3c(=O)c2c1=O. The number of unbranched alkanes of at least 4 members (excludes halogenated alkanes) is 1. The molecule has 7 nitrogen and oxygen atoms in total. The molecule has 148 valence electrons. The predicted octanol–water partition coefficient (Wildman–Crippen LogP) is 3.36. The highest BCUT2D eigenvalue weighted by atomic mass is 35.5. The summed E-state index contributed by atoms with van der Waals surface area (Å²) in [5, 5.41) is 3.20. The molecule has 0 radical (unpaired) electrons. The monoisotopic (exact) mass is 410 g/mol. The first kappa shape index (κ1) is 19.1. The number of halogens is 1. The van der Waals surface area contributed by atoms with Crippen LogP contribution in [0.1, 0.15) is 37.9 Å². The van der Waals surface area contributed by atoms with E-state index in [0.29, 0.717) is 28.0 Å². The lowest BCUT2D eigenvalue weighted by molar-refractivity contribution is 0.442. The number of fused-ring (bicyclic) bond motifs is 2. The number of hydrogen-bond acceptors (Lipinski definition) is 4. The molecule has 2 N–H and O–H groups in total. The smallest absolute Gasteiger partial charge is 0.287 e. The highest BCUT2D eigenvalue weighted by Gasteiger charge is 2.21. The van der Waals surface area contributed by atoms with Crippen molar-refractivity contribution < 1.29 is 0 Å². The summed E-state index contributed by atoms with van der Waals surface area (Å²) in [6.07, 6.45) is 4.00. The topological polar surface area (TPSA) is 101 Å². The van der Waals surface area contributed by atoms with Crippen molar-refractivity contribution in [3.05, 3.63) is 84.2 Å². The van der Waals surface area contributed by atoms with Gasteiger partial charge in [-0.15, -0.1) is 0 Å². The molecule has 1 atom stereocenters. The summed E-state index contributed by atoms with van der Waals surface area (Å²) < 4.78 is 1.24. The molecule has 0 aliphatic rings.